The highest BCUT2D eigenvalue weighted by Gasteiger charge is 2.24. The number of benzene rings is 2. The van der Waals surface area contributed by atoms with Gasteiger partial charge in [0.15, 0.2) is 0 Å². The van der Waals surface area contributed by atoms with Gasteiger partial charge in [-0.3, -0.25) is 9.10 Å². The zero-order valence-electron chi connectivity index (χ0n) is 17.3. The largest absolute Gasteiger partial charge is 0.341 e. The predicted octanol–water partition coefficient (Wildman–Crippen LogP) is 4.55. The van der Waals surface area contributed by atoms with Gasteiger partial charge in [-0.1, -0.05) is 37.5 Å². The molecule has 5 nitrogen and oxygen atoms in total. The molecule has 3 rings (SSSR count). The molecule has 0 unspecified atom stereocenters. The van der Waals surface area contributed by atoms with Crippen LogP contribution in [0.4, 0.5) is 5.69 Å². The number of carbonyl (C=O) groups excluding carboxylic acids is 1. The Hall–Kier alpha value is -2.34. The van der Waals surface area contributed by atoms with Crippen molar-refractivity contribution in [3.05, 3.63) is 60.2 Å². The van der Waals surface area contributed by atoms with E-state index in [-0.39, 0.29) is 10.8 Å². The summed E-state index contributed by atoms with van der Waals surface area (Å²) in [7, 11) is -1.85. The highest BCUT2D eigenvalue weighted by molar-refractivity contribution is 7.92. The molecular weight excluding hydrogens is 384 g/mol. The van der Waals surface area contributed by atoms with Gasteiger partial charge in [0.2, 0.25) is 0 Å². The fourth-order valence-corrected chi connectivity index (χ4v) is 5.52. The lowest BCUT2D eigenvalue weighted by Crippen LogP contribution is -2.33. The first-order valence-electron chi connectivity index (χ1n) is 10.4. The van der Waals surface area contributed by atoms with Crippen molar-refractivity contribution < 1.29 is 13.2 Å². The topological polar surface area (TPSA) is 57.7 Å². The van der Waals surface area contributed by atoms with Crippen LogP contribution in [0.1, 0.15) is 49.4 Å². The quantitative estimate of drug-likeness (QED) is 0.668. The van der Waals surface area contributed by atoms with Gasteiger partial charge in [-0.2, -0.15) is 0 Å². The molecule has 0 N–H and O–H groups in total. The highest BCUT2D eigenvalue weighted by atomic mass is 32.2. The second-order valence-electron chi connectivity index (χ2n) is 7.72. The van der Waals surface area contributed by atoms with Crippen LogP contribution in [0, 0.1) is 5.92 Å². The zero-order valence-corrected chi connectivity index (χ0v) is 18.1. The Labute approximate surface area is 174 Å². The van der Waals surface area contributed by atoms with Crippen LogP contribution in [0.25, 0.3) is 0 Å². The molecule has 0 saturated heterocycles. The van der Waals surface area contributed by atoms with Gasteiger partial charge in [0.1, 0.15) is 0 Å². The fourth-order valence-electron chi connectivity index (χ4n) is 4.04. The average molecular weight is 415 g/mol. The lowest BCUT2D eigenvalue weighted by atomic mass is 9.89. The van der Waals surface area contributed by atoms with E-state index in [1.807, 2.05) is 32.2 Å². The SMILES string of the molecule is CCN(c1ccccc1)S(=O)(=O)c1ccc(C(=O)N(C)CC2CCCCC2)cc1. The smallest absolute Gasteiger partial charge is 0.264 e. The third-order valence-electron chi connectivity index (χ3n) is 5.62. The number of rotatable bonds is 7. The van der Waals surface area contributed by atoms with E-state index in [1.54, 1.807) is 29.2 Å². The Bertz CT molecular complexity index is 905. The number of sulfonamides is 1. The van der Waals surface area contributed by atoms with Gasteiger partial charge in [0.05, 0.1) is 10.6 Å². The summed E-state index contributed by atoms with van der Waals surface area (Å²) in [6.07, 6.45) is 6.15. The van der Waals surface area contributed by atoms with Gasteiger partial charge in [-0.05, 0) is 62.1 Å². The van der Waals surface area contributed by atoms with E-state index in [9.17, 15) is 13.2 Å². The van der Waals surface area contributed by atoms with Crippen LogP contribution in [-0.4, -0.2) is 39.4 Å². The third-order valence-corrected chi connectivity index (χ3v) is 7.54. The standard InChI is InChI=1S/C23H30N2O3S/c1-3-25(21-12-8-5-9-13-21)29(27,28)22-16-14-20(15-17-22)23(26)24(2)18-19-10-6-4-7-11-19/h5,8-9,12-17,19H,3-4,6-7,10-11,18H2,1-2H3. The van der Waals surface area contributed by atoms with E-state index in [0.717, 1.165) is 6.54 Å². The Morgan fingerprint density at radius 2 is 1.59 bits per heavy atom. The van der Waals surface area contributed by atoms with Crippen molar-refractivity contribution in [1.82, 2.24) is 4.90 Å². The van der Waals surface area contributed by atoms with Crippen molar-refractivity contribution in [2.24, 2.45) is 5.92 Å². The second-order valence-corrected chi connectivity index (χ2v) is 9.58. The van der Waals surface area contributed by atoms with Crippen molar-refractivity contribution in [2.75, 3.05) is 24.4 Å². The lowest BCUT2D eigenvalue weighted by Gasteiger charge is -2.27. The minimum atomic E-state index is -3.68. The molecule has 0 radical (unpaired) electrons. The van der Waals surface area contributed by atoms with Gasteiger partial charge in [-0.25, -0.2) is 8.42 Å². The van der Waals surface area contributed by atoms with Crippen LogP contribution in [-0.2, 0) is 10.0 Å². The maximum Gasteiger partial charge on any atom is 0.264 e. The molecule has 1 fully saturated rings. The summed E-state index contributed by atoms with van der Waals surface area (Å²) in [5, 5.41) is 0. The Morgan fingerprint density at radius 1 is 0.966 bits per heavy atom. The maximum atomic E-state index is 13.1. The number of amides is 1. The number of para-hydroxylation sites is 1. The first-order valence-corrected chi connectivity index (χ1v) is 11.8. The van der Waals surface area contributed by atoms with Crippen LogP contribution >= 0.6 is 0 Å². The van der Waals surface area contributed by atoms with Gasteiger partial charge in [0, 0.05) is 25.7 Å². The molecule has 1 aliphatic carbocycles. The molecule has 0 heterocycles. The Morgan fingerprint density at radius 3 is 2.17 bits per heavy atom. The number of hydrogen-bond donors (Lipinski definition) is 0. The number of hydrogen-bond acceptors (Lipinski definition) is 3. The van der Waals surface area contributed by atoms with Crippen molar-refractivity contribution >= 4 is 21.6 Å². The van der Waals surface area contributed by atoms with Crippen LogP contribution in [0.15, 0.2) is 59.5 Å². The summed E-state index contributed by atoms with van der Waals surface area (Å²) in [4.78, 5) is 14.7. The molecule has 1 amide bonds. The third kappa shape index (κ3) is 4.99. The Balaban J connectivity index is 1.73. The predicted molar refractivity (Wildman–Crippen MR) is 117 cm³/mol. The summed E-state index contributed by atoms with van der Waals surface area (Å²) in [6, 6.07) is 15.3. The molecular formula is C23H30N2O3S. The van der Waals surface area contributed by atoms with E-state index in [2.05, 4.69) is 0 Å². The normalized spacial score (nSPS) is 15.1. The molecule has 0 aromatic heterocycles. The minimum Gasteiger partial charge on any atom is -0.341 e. The lowest BCUT2D eigenvalue weighted by molar-refractivity contribution is 0.0760. The van der Waals surface area contributed by atoms with E-state index >= 15 is 0 Å². The fraction of sp³-hybridized carbons (Fsp3) is 0.435. The molecule has 2 aromatic carbocycles. The second kappa shape index (κ2) is 9.44. The Kier molecular flexibility index (Phi) is 6.96. The minimum absolute atomic E-state index is 0.0603. The maximum absolute atomic E-state index is 13.1. The van der Waals surface area contributed by atoms with Gasteiger partial charge < -0.3 is 4.90 Å². The van der Waals surface area contributed by atoms with Crippen LogP contribution in [0.3, 0.4) is 0 Å². The van der Waals surface area contributed by atoms with Crippen molar-refractivity contribution in [1.29, 1.82) is 0 Å². The van der Waals surface area contributed by atoms with Crippen molar-refractivity contribution in [3.8, 4) is 0 Å². The molecule has 0 atom stereocenters. The van der Waals surface area contributed by atoms with E-state index in [4.69, 9.17) is 0 Å². The summed E-state index contributed by atoms with van der Waals surface area (Å²) in [5.41, 5.74) is 1.15. The van der Waals surface area contributed by atoms with E-state index in [0.29, 0.717) is 23.7 Å². The first-order chi connectivity index (χ1) is 13.9. The molecule has 0 aliphatic heterocycles. The number of anilines is 1. The number of carbonyl (C=O) groups is 1. The van der Waals surface area contributed by atoms with Gasteiger partial charge in [0.25, 0.3) is 15.9 Å². The summed E-state index contributed by atoms with van der Waals surface area (Å²) in [6.45, 7) is 2.90. The van der Waals surface area contributed by atoms with E-state index < -0.39 is 10.0 Å². The van der Waals surface area contributed by atoms with Gasteiger partial charge >= 0.3 is 0 Å². The molecule has 0 bridgehead atoms. The average Bonchev–Trinajstić information content (AvgIpc) is 2.75. The zero-order chi connectivity index (χ0) is 20.9. The molecule has 0 spiro atoms. The summed E-state index contributed by atoms with van der Waals surface area (Å²) >= 11 is 0. The molecule has 1 aliphatic rings. The van der Waals surface area contributed by atoms with Gasteiger partial charge in [-0.15, -0.1) is 0 Å². The van der Waals surface area contributed by atoms with Crippen LogP contribution < -0.4 is 4.31 Å². The van der Waals surface area contributed by atoms with Crippen LogP contribution in [0.2, 0.25) is 0 Å². The summed E-state index contributed by atoms with van der Waals surface area (Å²) in [5.74, 6) is 0.510. The van der Waals surface area contributed by atoms with Crippen molar-refractivity contribution in [3.63, 3.8) is 0 Å². The first kappa shape index (κ1) is 21.4. The highest BCUT2D eigenvalue weighted by Crippen LogP contribution is 2.26. The molecule has 29 heavy (non-hydrogen) atoms. The number of nitrogens with zero attached hydrogens (tertiary/aromatic N) is 2. The molecule has 6 heteroatoms. The molecule has 2 aromatic rings. The molecule has 156 valence electrons. The van der Waals surface area contributed by atoms with Crippen molar-refractivity contribution in [2.45, 2.75) is 43.9 Å². The van der Waals surface area contributed by atoms with E-state index in [1.165, 1.54) is 48.5 Å². The molecule has 1 saturated carbocycles. The monoisotopic (exact) mass is 414 g/mol. The summed E-state index contributed by atoms with van der Waals surface area (Å²) < 4.78 is 27.5. The van der Waals surface area contributed by atoms with Crippen LogP contribution in [0.5, 0.6) is 0 Å².